The Kier molecular flexibility index (Phi) is 5.41. The van der Waals surface area contributed by atoms with E-state index in [1.165, 1.54) is 7.11 Å². The smallest absolute Gasteiger partial charge is 0.325 e. The molecule has 1 atom stereocenters. The fraction of sp³-hybridized carbons (Fsp3) is 0.833. The van der Waals surface area contributed by atoms with Gasteiger partial charge < -0.3 is 15.0 Å². The summed E-state index contributed by atoms with van der Waals surface area (Å²) in [7, 11) is 1.34. The van der Waals surface area contributed by atoms with Crippen LogP contribution in [0, 0.1) is 5.92 Å². The molecule has 0 unspecified atom stereocenters. The van der Waals surface area contributed by atoms with Crippen molar-refractivity contribution in [2.75, 3.05) is 26.7 Å². The predicted molar refractivity (Wildman–Crippen MR) is 64.5 cm³/mol. The Morgan fingerprint density at radius 2 is 2.18 bits per heavy atom. The highest BCUT2D eigenvalue weighted by Crippen LogP contribution is 2.15. The predicted octanol–water partition coefficient (Wildman–Crippen LogP) is 0.396. The van der Waals surface area contributed by atoms with Gasteiger partial charge in [-0.25, -0.2) is 0 Å². The summed E-state index contributed by atoms with van der Waals surface area (Å²) in [6, 6.07) is 0.0172. The second-order valence-corrected chi connectivity index (χ2v) is 4.68. The van der Waals surface area contributed by atoms with Gasteiger partial charge in [0.15, 0.2) is 0 Å². The van der Waals surface area contributed by atoms with Crippen molar-refractivity contribution in [1.29, 1.82) is 0 Å². The number of carbonyl (C=O) groups is 2. The van der Waals surface area contributed by atoms with Crippen LogP contribution < -0.4 is 5.32 Å². The van der Waals surface area contributed by atoms with Gasteiger partial charge in [0.05, 0.1) is 13.0 Å². The molecular weight excluding hydrogens is 220 g/mol. The van der Waals surface area contributed by atoms with E-state index < -0.39 is 0 Å². The zero-order valence-electron chi connectivity index (χ0n) is 10.9. The number of hydrogen-bond acceptors (Lipinski definition) is 4. The van der Waals surface area contributed by atoms with Crippen molar-refractivity contribution in [3.63, 3.8) is 0 Å². The molecule has 0 aliphatic carbocycles. The Balaban J connectivity index is 2.62. The molecular formula is C12H22N2O3. The minimum absolute atomic E-state index is 0.00388. The van der Waals surface area contributed by atoms with Gasteiger partial charge in [-0.2, -0.15) is 0 Å². The van der Waals surface area contributed by atoms with E-state index in [4.69, 9.17) is 0 Å². The third kappa shape index (κ3) is 4.00. The van der Waals surface area contributed by atoms with Gasteiger partial charge >= 0.3 is 5.97 Å². The number of amides is 1. The Labute approximate surface area is 102 Å². The van der Waals surface area contributed by atoms with Gasteiger partial charge in [-0.1, -0.05) is 0 Å². The third-order valence-corrected chi connectivity index (χ3v) is 3.08. The van der Waals surface area contributed by atoms with E-state index in [2.05, 4.69) is 10.1 Å². The van der Waals surface area contributed by atoms with Gasteiger partial charge in [0.1, 0.15) is 6.54 Å². The molecule has 1 saturated heterocycles. The van der Waals surface area contributed by atoms with Crippen molar-refractivity contribution in [1.82, 2.24) is 10.2 Å². The van der Waals surface area contributed by atoms with Crippen LogP contribution in [0.2, 0.25) is 0 Å². The van der Waals surface area contributed by atoms with E-state index in [-0.39, 0.29) is 30.4 Å². The first kappa shape index (κ1) is 14.0. The molecule has 1 amide bonds. The molecule has 17 heavy (non-hydrogen) atoms. The van der Waals surface area contributed by atoms with E-state index >= 15 is 0 Å². The third-order valence-electron chi connectivity index (χ3n) is 3.08. The van der Waals surface area contributed by atoms with E-state index in [9.17, 15) is 9.59 Å². The van der Waals surface area contributed by atoms with Gasteiger partial charge in [0.25, 0.3) is 0 Å². The summed E-state index contributed by atoms with van der Waals surface area (Å²) in [5.74, 6) is -0.316. The molecule has 0 bridgehead atoms. The minimum atomic E-state index is -0.365. The number of nitrogens with zero attached hydrogens (tertiary/aromatic N) is 1. The topological polar surface area (TPSA) is 58.6 Å². The Hall–Kier alpha value is -1.10. The van der Waals surface area contributed by atoms with Gasteiger partial charge in [0.2, 0.25) is 5.91 Å². The van der Waals surface area contributed by atoms with Crippen LogP contribution in [0.15, 0.2) is 0 Å². The summed E-state index contributed by atoms with van der Waals surface area (Å²) >= 11 is 0. The van der Waals surface area contributed by atoms with Crippen molar-refractivity contribution in [2.45, 2.75) is 32.7 Å². The standard InChI is InChI=1S/C12H22N2O3/c1-9(2)14(8-11(15)17-3)12(16)10-5-4-6-13-7-10/h9-10,13H,4-8H2,1-3H3/t10-/m0/s1. The monoisotopic (exact) mass is 242 g/mol. The molecule has 1 rings (SSSR count). The van der Waals surface area contributed by atoms with Crippen molar-refractivity contribution in [2.24, 2.45) is 5.92 Å². The minimum Gasteiger partial charge on any atom is -0.468 e. The van der Waals surface area contributed by atoms with Crippen LogP contribution >= 0.6 is 0 Å². The average molecular weight is 242 g/mol. The van der Waals surface area contributed by atoms with Crippen molar-refractivity contribution in [3.8, 4) is 0 Å². The van der Waals surface area contributed by atoms with Crippen LogP contribution in [0.3, 0.4) is 0 Å². The first-order valence-electron chi connectivity index (χ1n) is 6.14. The van der Waals surface area contributed by atoms with E-state index in [1.807, 2.05) is 13.8 Å². The van der Waals surface area contributed by atoms with E-state index in [0.29, 0.717) is 6.54 Å². The lowest BCUT2D eigenvalue weighted by molar-refractivity contribution is -0.150. The van der Waals surface area contributed by atoms with Gasteiger partial charge in [0, 0.05) is 12.6 Å². The SMILES string of the molecule is COC(=O)CN(C(=O)[C@H]1CCCNC1)C(C)C. The first-order valence-corrected chi connectivity index (χ1v) is 6.14. The number of rotatable bonds is 4. The zero-order valence-corrected chi connectivity index (χ0v) is 10.9. The summed E-state index contributed by atoms with van der Waals surface area (Å²) in [5.41, 5.74) is 0. The maximum Gasteiger partial charge on any atom is 0.325 e. The fourth-order valence-electron chi connectivity index (χ4n) is 2.02. The summed E-state index contributed by atoms with van der Waals surface area (Å²) in [5, 5.41) is 3.21. The Bertz CT molecular complexity index is 273. The quantitative estimate of drug-likeness (QED) is 0.725. The van der Waals surface area contributed by atoms with Crippen molar-refractivity contribution >= 4 is 11.9 Å². The highest BCUT2D eigenvalue weighted by atomic mass is 16.5. The largest absolute Gasteiger partial charge is 0.468 e. The van der Waals surface area contributed by atoms with Gasteiger partial charge in [-0.05, 0) is 33.2 Å². The molecule has 5 heteroatoms. The molecule has 0 aromatic heterocycles. The molecule has 0 saturated carbocycles. The van der Waals surface area contributed by atoms with Gasteiger partial charge in [-0.3, -0.25) is 9.59 Å². The molecule has 0 radical (unpaired) electrons. The van der Waals surface area contributed by atoms with E-state index in [0.717, 1.165) is 19.4 Å². The molecule has 1 fully saturated rings. The number of methoxy groups -OCH3 is 1. The average Bonchev–Trinajstić information content (AvgIpc) is 2.35. The second-order valence-electron chi connectivity index (χ2n) is 4.68. The van der Waals surface area contributed by atoms with Crippen LogP contribution in [-0.4, -0.2) is 49.6 Å². The molecule has 1 aliphatic rings. The lowest BCUT2D eigenvalue weighted by Crippen LogP contribution is -2.47. The van der Waals surface area contributed by atoms with Crippen molar-refractivity contribution in [3.05, 3.63) is 0 Å². The number of ether oxygens (including phenoxy) is 1. The molecule has 98 valence electrons. The maximum absolute atomic E-state index is 12.3. The second kappa shape index (κ2) is 6.59. The molecule has 1 N–H and O–H groups in total. The van der Waals surface area contributed by atoms with Crippen LogP contribution in [0.1, 0.15) is 26.7 Å². The van der Waals surface area contributed by atoms with Gasteiger partial charge in [-0.15, -0.1) is 0 Å². The van der Waals surface area contributed by atoms with Crippen molar-refractivity contribution < 1.29 is 14.3 Å². The molecule has 5 nitrogen and oxygen atoms in total. The maximum atomic E-state index is 12.3. The van der Waals surface area contributed by atoms with Crippen LogP contribution in [0.5, 0.6) is 0 Å². The Morgan fingerprint density at radius 3 is 2.65 bits per heavy atom. The van der Waals surface area contributed by atoms with Crippen LogP contribution in [-0.2, 0) is 14.3 Å². The lowest BCUT2D eigenvalue weighted by Gasteiger charge is -2.31. The summed E-state index contributed by atoms with van der Waals surface area (Å²) < 4.78 is 4.62. The molecule has 0 aromatic carbocycles. The summed E-state index contributed by atoms with van der Waals surface area (Å²) in [4.78, 5) is 25.2. The zero-order chi connectivity index (χ0) is 12.8. The number of nitrogens with one attached hydrogen (secondary N) is 1. The number of piperidine rings is 1. The van der Waals surface area contributed by atoms with Crippen LogP contribution in [0.25, 0.3) is 0 Å². The molecule has 0 spiro atoms. The number of esters is 1. The summed E-state index contributed by atoms with van der Waals surface area (Å²) in [6.07, 6.45) is 1.91. The number of hydrogen-bond donors (Lipinski definition) is 1. The summed E-state index contributed by atoms with van der Waals surface area (Å²) in [6.45, 7) is 5.56. The molecule has 1 heterocycles. The molecule has 1 aliphatic heterocycles. The highest BCUT2D eigenvalue weighted by molar-refractivity contribution is 5.84. The Morgan fingerprint density at radius 1 is 1.47 bits per heavy atom. The van der Waals surface area contributed by atoms with E-state index in [1.54, 1.807) is 4.90 Å². The molecule has 0 aromatic rings. The highest BCUT2D eigenvalue weighted by Gasteiger charge is 2.28. The fourth-order valence-corrected chi connectivity index (χ4v) is 2.02. The lowest BCUT2D eigenvalue weighted by atomic mass is 9.97. The first-order chi connectivity index (χ1) is 8.06. The normalized spacial score (nSPS) is 20.1. The van der Waals surface area contributed by atoms with Crippen LogP contribution in [0.4, 0.5) is 0 Å². The number of carbonyl (C=O) groups excluding carboxylic acids is 2.